The molecule has 0 bridgehead atoms. The number of aromatic nitrogens is 2. The predicted molar refractivity (Wildman–Crippen MR) is 55.2 cm³/mol. The Labute approximate surface area is 87.2 Å². The van der Waals surface area contributed by atoms with Gasteiger partial charge in [-0.3, -0.25) is 9.89 Å². The molecule has 1 aromatic rings. The zero-order valence-electron chi connectivity index (χ0n) is 8.49. The number of carbonyl (C=O) groups is 1. The summed E-state index contributed by atoms with van der Waals surface area (Å²) in [5.74, 6) is 0.262. The summed E-state index contributed by atoms with van der Waals surface area (Å²) in [5.41, 5.74) is 5.99. The van der Waals surface area contributed by atoms with Crippen molar-refractivity contribution in [3.05, 3.63) is 6.20 Å². The van der Waals surface area contributed by atoms with Crippen LogP contribution in [0.1, 0.15) is 19.8 Å². The van der Waals surface area contributed by atoms with Gasteiger partial charge < -0.3 is 15.8 Å². The van der Waals surface area contributed by atoms with E-state index in [2.05, 4.69) is 15.5 Å². The van der Waals surface area contributed by atoms with E-state index in [0.717, 1.165) is 12.8 Å². The molecule has 1 fully saturated rings. The molecular formula is C9H14N4O2. The first-order chi connectivity index (χ1) is 7.16. The minimum Gasteiger partial charge on any atom is -0.394 e. The van der Waals surface area contributed by atoms with Gasteiger partial charge in [-0.25, -0.2) is 0 Å². The molecule has 2 rings (SSSR count). The van der Waals surface area contributed by atoms with Gasteiger partial charge in [0.2, 0.25) is 0 Å². The molecule has 1 aliphatic heterocycles. The molecule has 6 heteroatoms. The topological polar surface area (TPSA) is 93.0 Å². The summed E-state index contributed by atoms with van der Waals surface area (Å²) < 4.78 is 5.42. The van der Waals surface area contributed by atoms with Gasteiger partial charge in [0.15, 0.2) is 5.82 Å². The van der Waals surface area contributed by atoms with Crippen LogP contribution in [0.5, 0.6) is 0 Å². The summed E-state index contributed by atoms with van der Waals surface area (Å²) in [6, 6.07) is 0. The Balaban J connectivity index is 1.95. The lowest BCUT2D eigenvalue weighted by molar-refractivity contribution is -0.126. The number of nitrogens with one attached hydrogen (secondary N) is 2. The molecule has 0 aromatic carbocycles. The normalized spacial score (nSPS) is 25.4. The molecule has 2 unspecified atom stereocenters. The van der Waals surface area contributed by atoms with Gasteiger partial charge in [-0.05, 0) is 19.8 Å². The predicted octanol–water partition coefficient (Wildman–Crippen LogP) is 0.498. The quantitative estimate of drug-likeness (QED) is 0.662. The molecule has 1 aliphatic rings. The van der Waals surface area contributed by atoms with Crippen molar-refractivity contribution in [1.82, 2.24) is 10.2 Å². The van der Waals surface area contributed by atoms with Crippen LogP contribution in [0.15, 0.2) is 6.20 Å². The van der Waals surface area contributed by atoms with Crippen molar-refractivity contribution in [2.24, 2.45) is 0 Å². The molecule has 1 amide bonds. The van der Waals surface area contributed by atoms with Crippen molar-refractivity contribution in [3.8, 4) is 0 Å². The summed E-state index contributed by atoms with van der Waals surface area (Å²) in [6.45, 7) is 1.96. The fraction of sp³-hybridized carbons (Fsp3) is 0.556. The van der Waals surface area contributed by atoms with Crippen LogP contribution >= 0.6 is 0 Å². The van der Waals surface area contributed by atoms with Crippen LogP contribution in [0, 0.1) is 0 Å². The number of H-pyrrole nitrogens is 1. The average molecular weight is 210 g/mol. The van der Waals surface area contributed by atoms with Gasteiger partial charge in [0.25, 0.3) is 5.91 Å². The van der Waals surface area contributed by atoms with Crippen molar-refractivity contribution >= 4 is 17.4 Å². The summed E-state index contributed by atoms with van der Waals surface area (Å²) in [6.07, 6.45) is 2.90. The maximum absolute atomic E-state index is 11.7. The number of hydrogen-bond donors (Lipinski definition) is 3. The second-order valence-corrected chi connectivity index (χ2v) is 3.70. The van der Waals surface area contributed by atoms with Gasteiger partial charge in [-0.1, -0.05) is 0 Å². The van der Waals surface area contributed by atoms with E-state index in [1.165, 1.54) is 6.20 Å². The molecule has 1 aromatic heterocycles. The summed E-state index contributed by atoms with van der Waals surface area (Å²) in [7, 11) is 0. The number of nitrogen functional groups attached to an aromatic ring is 1. The van der Waals surface area contributed by atoms with Crippen LogP contribution in [-0.4, -0.2) is 28.3 Å². The Kier molecular flexibility index (Phi) is 2.59. The van der Waals surface area contributed by atoms with E-state index in [9.17, 15) is 4.79 Å². The van der Waals surface area contributed by atoms with Crippen LogP contribution in [0.2, 0.25) is 0 Å². The lowest BCUT2D eigenvalue weighted by Gasteiger charge is -2.10. The largest absolute Gasteiger partial charge is 0.394 e. The van der Waals surface area contributed by atoms with Crippen molar-refractivity contribution in [2.75, 3.05) is 11.1 Å². The lowest BCUT2D eigenvalue weighted by atomic mass is 10.2. The zero-order chi connectivity index (χ0) is 10.8. The van der Waals surface area contributed by atoms with Gasteiger partial charge in [0.1, 0.15) is 6.10 Å². The van der Waals surface area contributed by atoms with Crippen LogP contribution in [0.25, 0.3) is 0 Å². The third kappa shape index (κ3) is 2.10. The molecule has 0 saturated carbocycles. The fourth-order valence-corrected chi connectivity index (χ4v) is 1.59. The van der Waals surface area contributed by atoms with Gasteiger partial charge in [0, 0.05) is 0 Å². The van der Waals surface area contributed by atoms with E-state index in [4.69, 9.17) is 10.5 Å². The van der Waals surface area contributed by atoms with E-state index < -0.39 is 0 Å². The summed E-state index contributed by atoms with van der Waals surface area (Å²) >= 11 is 0. The van der Waals surface area contributed by atoms with Gasteiger partial charge >= 0.3 is 0 Å². The maximum atomic E-state index is 11.7. The smallest absolute Gasteiger partial charge is 0.254 e. The highest BCUT2D eigenvalue weighted by Gasteiger charge is 2.28. The van der Waals surface area contributed by atoms with Crippen LogP contribution in [-0.2, 0) is 9.53 Å². The molecule has 15 heavy (non-hydrogen) atoms. The van der Waals surface area contributed by atoms with Crippen LogP contribution < -0.4 is 11.1 Å². The number of nitrogens with zero attached hydrogens (tertiary/aromatic N) is 1. The third-order valence-electron chi connectivity index (χ3n) is 2.44. The van der Waals surface area contributed by atoms with Crippen LogP contribution in [0.3, 0.4) is 0 Å². The standard InChI is InChI=1S/C9H14N4O2/c1-5-2-3-7(15-5)9(14)12-8-6(10)4-11-13-8/h4-5,7H,2-3,10H2,1H3,(H2,11,12,13,14). The molecule has 82 valence electrons. The fourth-order valence-electron chi connectivity index (χ4n) is 1.59. The second-order valence-electron chi connectivity index (χ2n) is 3.70. The monoisotopic (exact) mass is 210 g/mol. The number of ether oxygens (including phenoxy) is 1. The first kappa shape index (κ1) is 9.97. The number of amides is 1. The molecule has 2 heterocycles. The van der Waals surface area contributed by atoms with Crippen molar-refractivity contribution in [3.63, 3.8) is 0 Å². The van der Waals surface area contributed by atoms with Crippen LogP contribution in [0.4, 0.5) is 11.5 Å². The number of carbonyl (C=O) groups excluding carboxylic acids is 1. The Morgan fingerprint density at radius 3 is 3.07 bits per heavy atom. The van der Waals surface area contributed by atoms with Crippen molar-refractivity contribution in [1.29, 1.82) is 0 Å². The Hall–Kier alpha value is -1.56. The first-order valence-corrected chi connectivity index (χ1v) is 4.92. The van der Waals surface area contributed by atoms with Gasteiger partial charge in [-0.2, -0.15) is 5.10 Å². The zero-order valence-corrected chi connectivity index (χ0v) is 8.49. The summed E-state index contributed by atoms with van der Waals surface area (Å²) in [5, 5.41) is 8.97. The lowest BCUT2D eigenvalue weighted by Crippen LogP contribution is -2.28. The molecule has 0 aliphatic carbocycles. The maximum Gasteiger partial charge on any atom is 0.254 e. The van der Waals surface area contributed by atoms with E-state index in [1.807, 2.05) is 6.92 Å². The number of nitrogens with two attached hydrogens (primary N) is 1. The number of hydrogen-bond acceptors (Lipinski definition) is 4. The third-order valence-corrected chi connectivity index (χ3v) is 2.44. The Bertz CT molecular complexity index is 363. The SMILES string of the molecule is CC1CCC(C(=O)Nc2[nH]ncc2N)O1. The van der Waals surface area contributed by atoms with E-state index >= 15 is 0 Å². The molecule has 2 atom stereocenters. The molecular weight excluding hydrogens is 196 g/mol. The number of aromatic amines is 1. The van der Waals surface area contributed by atoms with Gasteiger partial charge in [-0.15, -0.1) is 0 Å². The molecule has 1 saturated heterocycles. The highest BCUT2D eigenvalue weighted by molar-refractivity contribution is 5.95. The van der Waals surface area contributed by atoms with Crippen molar-refractivity contribution < 1.29 is 9.53 Å². The molecule has 4 N–H and O–H groups in total. The minimum atomic E-state index is -0.373. The molecule has 0 radical (unpaired) electrons. The second kappa shape index (κ2) is 3.90. The number of anilines is 2. The molecule has 6 nitrogen and oxygen atoms in total. The Morgan fingerprint density at radius 2 is 2.53 bits per heavy atom. The highest BCUT2D eigenvalue weighted by Crippen LogP contribution is 2.21. The van der Waals surface area contributed by atoms with Crippen molar-refractivity contribution in [2.45, 2.75) is 32.0 Å². The van der Waals surface area contributed by atoms with E-state index in [0.29, 0.717) is 11.5 Å². The Morgan fingerprint density at radius 1 is 1.73 bits per heavy atom. The first-order valence-electron chi connectivity index (χ1n) is 4.92. The minimum absolute atomic E-state index is 0.153. The molecule has 0 spiro atoms. The number of rotatable bonds is 2. The summed E-state index contributed by atoms with van der Waals surface area (Å²) in [4.78, 5) is 11.7. The van der Waals surface area contributed by atoms with E-state index in [-0.39, 0.29) is 18.1 Å². The van der Waals surface area contributed by atoms with Gasteiger partial charge in [0.05, 0.1) is 18.0 Å². The highest BCUT2D eigenvalue weighted by atomic mass is 16.5. The average Bonchev–Trinajstić information content (AvgIpc) is 2.77. The van der Waals surface area contributed by atoms with E-state index in [1.54, 1.807) is 0 Å².